The first-order valence-corrected chi connectivity index (χ1v) is 10.5. The summed E-state index contributed by atoms with van der Waals surface area (Å²) in [6, 6.07) is 4.26. The molecule has 0 aromatic carbocycles. The van der Waals surface area contributed by atoms with E-state index in [-0.39, 0.29) is 0 Å². The molecule has 160 valence electrons. The van der Waals surface area contributed by atoms with E-state index in [4.69, 9.17) is 24.5 Å². The smallest absolute Gasteiger partial charge is 0.225 e. The summed E-state index contributed by atoms with van der Waals surface area (Å²) >= 11 is 0. The molecular formula is C21H29N7O2. The molecule has 0 atom stereocenters. The van der Waals surface area contributed by atoms with E-state index in [1.165, 1.54) is 0 Å². The van der Waals surface area contributed by atoms with Crippen LogP contribution in [0.1, 0.15) is 31.0 Å². The quantitative estimate of drug-likeness (QED) is 0.545. The summed E-state index contributed by atoms with van der Waals surface area (Å²) in [6.45, 7) is 9.39. The van der Waals surface area contributed by atoms with Crippen molar-refractivity contribution < 1.29 is 9.47 Å². The van der Waals surface area contributed by atoms with Gasteiger partial charge in [-0.15, -0.1) is 0 Å². The van der Waals surface area contributed by atoms with Crippen LogP contribution in [0, 0.1) is 13.8 Å². The SMILES string of the molecule is CCOCCn1nc(C)c2nc(NC3CCOCC3)nc(Nc3cc(C)ccn3)c21. The van der Waals surface area contributed by atoms with Crippen LogP contribution in [-0.2, 0) is 16.0 Å². The molecule has 0 amide bonds. The predicted octanol–water partition coefficient (Wildman–Crippen LogP) is 3.21. The maximum atomic E-state index is 5.54. The molecule has 1 aliphatic heterocycles. The van der Waals surface area contributed by atoms with E-state index in [1.807, 2.05) is 37.6 Å². The van der Waals surface area contributed by atoms with Gasteiger partial charge in [-0.1, -0.05) is 0 Å². The molecule has 9 heteroatoms. The topological polar surface area (TPSA) is 99.0 Å². The number of hydrogen-bond acceptors (Lipinski definition) is 8. The normalized spacial score (nSPS) is 14.9. The van der Waals surface area contributed by atoms with E-state index < -0.39 is 0 Å². The van der Waals surface area contributed by atoms with Crippen LogP contribution in [0.2, 0.25) is 0 Å². The number of hydrogen-bond donors (Lipinski definition) is 2. The fourth-order valence-corrected chi connectivity index (χ4v) is 3.59. The van der Waals surface area contributed by atoms with Gasteiger partial charge in [0.15, 0.2) is 5.82 Å². The van der Waals surface area contributed by atoms with E-state index in [9.17, 15) is 0 Å². The second kappa shape index (κ2) is 9.36. The molecule has 2 N–H and O–H groups in total. The highest BCUT2D eigenvalue weighted by molar-refractivity contribution is 5.90. The lowest BCUT2D eigenvalue weighted by Crippen LogP contribution is -2.28. The minimum Gasteiger partial charge on any atom is -0.381 e. The van der Waals surface area contributed by atoms with Crippen LogP contribution < -0.4 is 10.6 Å². The Morgan fingerprint density at radius 3 is 2.83 bits per heavy atom. The summed E-state index contributed by atoms with van der Waals surface area (Å²) in [7, 11) is 0. The predicted molar refractivity (Wildman–Crippen MR) is 116 cm³/mol. The molecule has 0 unspecified atom stereocenters. The van der Waals surface area contributed by atoms with E-state index in [0.29, 0.717) is 37.6 Å². The zero-order valence-corrected chi connectivity index (χ0v) is 17.8. The van der Waals surface area contributed by atoms with Crippen molar-refractivity contribution in [2.45, 2.75) is 46.2 Å². The standard InChI is InChI=1S/C21H29N7O2/c1-4-29-12-9-28-19-18(15(3)27-28)25-21(23-16-6-10-30-11-7-16)26-20(19)24-17-13-14(2)5-8-22-17/h5,8,13,16H,4,6-7,9-12H2,1-3H3,(H2,22,23,24,25,26). The van der Waals surface area contributed by atoms with E-state index in [1.54, 1.807) is 6.20 Å². The third-order valence-electron chi connectivity index (χ3n) is 5.12. The maximum Gasteiger partial charge on any atom is 0.225 e. The molecule has 0 radical (unpaired) electrons. The molecular weight excluding hydrogens is 382 g/mol. The Labute approximate surface area is 176 Å². The van der Waals surface area contributed by atoms with Gasteiger partial charge in [0.2, 0.25) is 5.95 Å². The molecule has 4 rings (SSSR count). The number of ether oxygens (including phenoxy) is 2. The summed E-state index contributed by atoms with van der Waals surface area (Å²) in [4.78, 5) is 14.0. The number of anilines is 3. The molecule has 0 saturated carbocycles. The molecule has 4 heterocycles. The highest BCUT2D eigenvalue weighted by Crippen LogP contribution is 2.28. The Balaban J connectivity index is 1.72. The Bertz CT molecular complexity index is 998. The molecule has 9 nitrogen and oxygen atoms in total. The van der Waals surface area contributed by atoms with Crippen LogP contribution in [-0.4, -0.2) is 57.2 Å². The van der Waals surface area contributed by atoms with E-state index >= 15 is 0 Å². The Hall–Kier alpha value is -2.78. The van der Waals surface area contributed by atoms with Crippen molar-refractivity contribution in [3.05, 3.63) is 29.6 Å². The van der Waals surface area contributed by atoms with Gasteiger partial charge in [0.05, 0.1) is 18.8 Å². The highest BCUT2D eigenvalue weighted by atomic mass is 16.5. The van der Waals surface area contributed by atoms with Gasteiger partial charge in [-0.25, -0.2) is 9.97 Å². The average Bonchev–Trinajstić information content (AvgIpc) is 3.05. The van der Waals surface area contributed by atoms with Crippen molar-refractivity contribution in [3.63, 3.8) is 0 Å². The molecule has 0 spiro atoms. The number of fused-ring (bicyclic) bond motifs is 1. The lowest BCUT2D eigenvalue weighted by molar-refractivity contribution is 0.0903. The minimum atomic E-state index is 0.300. The second-order valence-electron chi connectivity index (χ2n) is 7.47. The van der Waals surface area contributed by atoms with E-state index in [0.717, 1.165) is 54.2 Å². The summed E-state index contributed by atoms with van der Waals surface area (Å²) in [5.74, 6) is 2.02. The third-order valence-corrected chi connectivity index (χ3v) is 5.12. The Morgan fingerprint density at radius 1 is 1.23 bits per heavy atom. The molecule has 1 aliphatic rings. The first-order valence-electron chi connectivity index (χ1n) is 10.5. The van der Waals surface area contributed by atoms with Gasteiger partial charge in [0.25, 0.3) is 0 Å². The van der Waals surface area contributed by atoms with Gasteiger partial charge in [-0.05, 0) is 51.3 Å². The summed E-state index contributed by atoms with van der Waals surface area (Å²) in [6.07, 6.45) is 3.67. The van der Waals surface area contributed by atoms with Crippen molar-refractivity contribution in [2.75, 3.05) is 37.1 Å². The highest BCUT2D eigenvalue weighted by Gasteiger charge is 2.20. The zero-order chi connectivity index (χ0) is 20.9. The van der Waals surface area contributed by atoms with Gasteiger partial charge in [-0.3, -0.25) is 4.68 Å². The average molecular weight is 412 g/mol. The van der Waals surface area contributed by atoms with Gasteiger partial charge < -0.3 is 20.1 Å². The number of pyridine rings is 1. The molecule has 3 aromatic heterocycles. The van der Waals surface area contributed by atoms with Crippen LogP contribution in [0.3, 0.4) is 0 Å². The monoisotopic (exact) mass is 411 g/mol. The largest absolute Gasteiger partial charge is 0.381 e. The lowest BCUT2D eigenvalue weighted by Gasteiger charge is -2.23. The van der Waals surface area contributed by atoms with Crippen molar-refractivity contribution in [1.29, 1.82) is 0 Å². The number of aromatic nitrogens is 5. The van der Waals surface area contributed by atoms with Crippen LogP contribution in [0.25, 0.3) is 11.0 Å². The minimum absolute atomic E-state index is 0.300. The molecule has 0 bridgehead atoms. The van der Waals surface area contributed by atoms with Crippen LogP contribution in [0.4, 0.5) is 17.6 Å². The zero-order valence-electron chi connectivity index (χ0n) is 17.8. The van der Waals surface area contributed by atoms with Gasteiger partial charge >= 0.3 is 0 Å². The van der Waals surface area contributed by atoms with Crippen molar-refractivity contribution in [2.24, 2.45) is 0 Å². The number of nitrogens with one attached hydrogen (secondary N) is 2. The Morgan fingerprint density at radius 2 is 2.07 bits per heavy atom. The molecule has 1 saturated heterocycles. The summed E-state index contributed by atoms with van der Waals surface area (Å²) < 4.78 is 12.9. The third kappa shape index (κ3) is 4.68. The first-order chi connectivity index (χ1) is 14.6. The Kier molecular flexibility index (Phi) is 6.39. The van der Waals surface area contributed by atoms with Gasteiger partial charge in [-0.2, -0.15) is 10.1 Å². The van der Waals surface area contributed by atoms with Gasteiger partial charge in [0, 0.05) is 32.1 Å². The number of aryl methyl sites for hydroxylation is 2. The molecule has 0 aliphatic carbocycles. The van der Waals surface area contributed by atoms with Crippen molar-refractivity contribution in [3.8, 4) is 0 Å². The van der Waals surface area contributed by atoms with Crippen LogP contribution >= 0.6 is 0 Å². The first kappa shape index (κ1) is 20.5. The summed E-state index contributed by atoms with van der Waals surface area (Å²) in [5.41, 5.74) is 3.66. The number of rotatable bonds is 8. The summed E-state index contributed by atoms with van der Waals surface area (Å²) in [5, 5.41) is 11.6. The second-order valence-corrected chi connectivity index (χ2v) is 7.47. The molecule has 3 aromatic rings. The van der Waals surface area contributed by atoms with Crippen LogP contribution in [0.5, 0.6) is 0 Å². The number of nitrogens with zero attached hydrogens (tertiary/aromatic N) is 5. The van der Waals surface area contributed by atoms with Gasteiger partial charge in [0.1, 0.15) is 16.9 Å². The van der Waals surface area contributed by atoms with E-state index in [2.05, 4.69) is 15.6 Å². The van der Waals surface area contributed by atoms with Crippen LogP contribution in [0.15, 0.2) is 18.3 Å². The fourth-order valence-electron chi connectivity index (χ4n) is 3.59. The molecule has 1 fully saturated rings. The molecule has 30 heavy (non-hydrogen) atoms. The maximum absolute atomic E-state index is 5.54. The fraction of sp³-hybridized carbons (Fsp3) is 0.524. The van der Waals surface area contributed by atoms with Crippen molar-refractivity contribution in [1.82, 2.24) is 24.7 Å². The lowest BCUT2D eigenvalue weighted by atomic mass is 10.1. The van der Waals surface area contributed by atoms with Crippen molar-refractivity contribution >= 4 is 28.6 Å².